The molecule has 4 rings (SSSR count). The lowest BCUT2D eigenvalue weighted by Gasteiger charge is -2.29. The van der Waals surface area contributed by atoms with Crippen molar-refractivity contribution in [3.05, 3.63) is 54.9 Å². The third-order valence-corrected chi connectivity index (χ3v) is 5.25. The van der Waals surface area contributed by atoms with E-state index in [1.165, 1.54) is 12.3 Å². The number of carbonyl (C=O) groups excluding carboxylic acids is 2. The van der Waals surface area contributed by atoms with Crippen molar-refractivity contribution >= 4 is 28.7 Å². The van der Waals surface area contributed by atoms with Crippen LogP contribution in [0, 0.1) is 0 Å². The number of amides is 2. The normalized spacial score (nSPS) is 18.4. The van der Waals surface area contributed by atoms with Crippen molar-refractivity contribution in [2.24, 2.45) is 5.73 Å². The molecule has 1 aliphatic carbocycles. The Balaban J connectivity index is 1.53. The second-order valence-corrected chi connectivity index (χ2v) is 7.46. The van der Waals surface area contributed by atoms with Crippen molar-refractivity contribution < 1.29 is 14.3 Å². The molecule has 3 aromatic rings. The zero-order valence-corrected chi connectivity index (χ0v) is 16.9. The summed E-state index contributed by atoms with van der Waals surface area (Å²) in [4.78, 5) is 36.0. The molecule has 0 unspecified atom stereocenters. The molecular weight excluding hydrogens is 396 g/mol. The first kappa shape index (κ1) is 20.5. The van der Waals surface area contributed by atoms with Crippen LogP contribution in [0.4, 0.5) is 5.69 Å². The maximum Gasteiger partial charge on any atom is 0.255 e. The van der Waals surface area contributed by atoms with Crippen molar-refractivity contribution in [1.29, 1.82) is 0 Å². The Morgan fingerprint density at radius 1 is 1.29 bits per heavy atom. The number of nitrogens with two attached hydrogens (primary N) is 1. The third kappa shape index (κ3) is 4.72. The lowest BCUT2D eigenvalue weighted by Crippen LogP contribution is -2.49. The number of benzene rings is 1. The van der Waals surface area contributed by atoms with Crippen molar-refractivity contribution in [3.63, 3.8) is 0 Å². The number of aromatic amines is 1. The van der Waals surface area contributed by atoms with Gasteiger partial charge in [-0.2, -0.15) is 0 Å². The highest BCUT2D eigenvalue weighted by atomic mass is 16.5. The number of anilines is 1. The molecular formula is C22H24N6O3. The molecule has 2 aromatic heterocycles. The average molecular weight is 420 g/mol. The number of hydrogen-bond donors (Lipinski definition) is 4. The highest BCUT2D eigenvalue weighted by Crippen LogP contribution is 2.25. The molecule has 160 valence electrons. The van der Waals surface area contributed by atoms with Gasteiger partial charge in [-0.1, -0.05) is 25.5 Å². The van der Waals surface area contributed by atoms with Gasteiger partial charge in [0.05, 0.1) is 11.8 Å². The third-order valence-electron chi connectivity index (χ3n) is 5.25. The number of aromatic nitrogens is 3. The first-order valence-electron chi connectivity index (χ1n) is 10.2. The molecule has 1 aliphatic rings. The Hall–Kier alpha value is -3.72. The van der Waals surface area contributed by atoms with Crippen LogP contribution in [0.1, 0.15) is 36.0 Å². The molecule has 9 heteroatoms. The molecule has 1 aromatic carbocycles. The van der Waals surface area contributed by atoms with E-state index in [0.717, 1.165) is 25.7 Å². The number of ether oxygens (including phenoxy) is 1. The van der Waals surface area contributed by atoms with Crippen molar-refractivity contribution in [1.82, 2.24) is 20.3 Å². The topological polar surface area (TPSA) is 135 Å². The van der Waals surface area contributed by atoms with Gasteiger partial charge in [0.25, 0.3) is 5.91 Å². The van der Waals surface area contributed by atoms with E-state index in [1.54, 1.807) is 30.5 Å². The summed E-state index contributed by atoms with van der Waals surface area (Å²) in [6.45, 7) is 3.43. The van der Waals surface area contributed by atoms with Crippen LogP contribution in [0.25, 0.3) is 11.2 Å². The second kappa shape index (κ2) is 8.97. The van der Waals surface area contributed by atoms with Gasteiger partial charge in [0.15, 0.2) is 5.65 Å². The SMILES string of the molecule is C=CC(=O)Nc1cccc(Oc2cnc3[nH]cc(C(=O)N[C@H]4CCCC[C@@H]4N)c3n2)c1. The molecule has 31 heavy (non-hydrogen) atoms. The van der Waals surface area contributed by atoms with Crippen LogP contribution in [-0.4, -0.2) is 38.8 Å². The van der Waals surface area contributed by atoms with Crippen LogP contribution in [0.5, 0.6) is 11.6 Å². The van der Waals surface area contributed by atoms with E-state index in [4.69, 9.17) is 10.5 Å². The molecule has 5 N–H and O–H groups in total. The number of rotatable bonds is 6. The van der Waals surface area contributed by atoms with Gasteiger partial charge in [0, 0.05) is 30.0 Å². The van der Waals surface area contributed by atoms with Crippen molar-refractivity contribution in [2.45, 2.75) is 37.8 Å². The minimum absolute atomic E-state index is 0.0401. The van der Waals surface area contributed by atoms with E-state index in [2.05, 4.69) is 32.2 Å². The maximum atomic E-state index is 12.8. The fraction of sp³-hybridized carbons (Fsp3) is 0.273. The molecule has 2 heterocycles. The van der Waals surface area contributed by atoms with E-state index in [1.807, 2.05) is 0 Å². The molecule has 2 atom stereocenters. The number of nitrogens with zero attached hydrogens (tertiary/aromatic N) is 2. The van der Waals surface area contributed by atoms with Crippen LogP contribution >= 0.6 is 0 Å². The Kier molecular flexibility index (Phi) is 5.94. The van der Waals surface area contributed by atoms with Crippen LogP contribution in [0.3, 0.4) is 0 Å². The Labute approximate surface area is 179 Å². The Bertz CT molecular complexity index is 1130. The summed E-state index contributed by atoms with van der Waals surface area (Å²) in [6, 6.07) is 6.76. The minimum Gasteiger partial charge on any atom is -0.437 e. The molecule has 9 nitrogen and oxygen atoms in total. The zero-order chi connectivity index (χ0) is 21.8. The summed E-state index contributed by atoms with van der Waals surface area (Å²) >= 11 is 0. The van der Waals surface area contributed by atoms with Crippen LogP contribution in [0.15, 0.2) is 49.3 Å². The molecule has 0 bridgehead atoms. The lowest BCUT2D eigenvalue weighted by atomic mass is 9.91. The highest BCUT2D eigenvalue weighted by Gasteiger charge is 2.25. The minimum atomic E-state index is -0.320. The van der Waals surface area contributed by atoms with Crippen molar-refractivity contribution in [3.8, 4) is 11.6 Å². The molecule has 0 radical (unpaired) electrons. The largest absolute Gasteiger partial charge is 0.437 e. The monoisotopic (exact) mass is 420 g/mol. The number of H-pyrrole nitrogens is 1. The lowest BCUT2D eigenvalue weighted by molar-refractivity contribution is -0.111. The summed E-state index contributed by atoms with van der Waals surface area (Å²) in [5.74, 6) is 0.126. The van der Waals surface area contributed by atoms with E-state index in [-0.39, 0.29) is 29.8 Å². The van der Waals surface area contributed by atoms with E-state index >= 15 is 0 Å². The highest BCUT2D eigenvalue weighted by molar-refractivity contribution is 6.04. The smallest absolute Gasteiger partial charge is 0.255 e. The Morgan fingerprint density at radius 3 is 2.94 bits per heavy atom. The number of carbonyl (C=O) groups is 2. The van der Waals surface area contributed by atoms with Gasteiger partial charge in [-0.15, -0.1) is 0 Å². The standard InChI is InChI=1S/C22H24N6O3/c1-2-18(29)26-13-6-5-7-14(10-13)31-19-12-25-21-20(28-19)15(11-24-21)22(30)27-17-9-4-3-8-16(17)23/h2,5-7,10-12,16-17H,1,3-4,8-9,23H2,(H,24,25)(H,26,29)(H,27,30)/t16-,17-/m0/s1. The van der Waals surface area contributed by atoms with Gasteiger partial charge in [-0.05, 0) is 31.1 Å². The van der Waals surface area contributed by atoms with Gasteiger partial charge >= 0.3 is 0 Å². The molecule has 0 aliphatic heterocycles. The first-order valence-corrected chi connectivity index (χ1v) is 10.2. The van der Waals surface area contributed by atoms with E-state index in [9.17, 15) is 9.59 Å². The molecule has 1 saturated carbocycles. The number of nitrogens with one attached hydrogen (secondary N) is 3. The number of hydrogen-bond acceptors (Lipinski definition) is 6. The predicted octanol–water partition coefficient (Wildman–Crippen LogP) is 2.87. The summed E-state index contributed by atoms with van der Waals surface area (Å²) in [5.41, 5.74) is 7.99. The van der Waals surface area contributed by atoms with Gasteiger partial charge < -0.3 is 26.1 Å². The molecule has 0 spiro atoms. The second-order valence-electron chi connectivity index (χ2n) is 7.46. The zero-order valence-electron chi connectivity index (χ0n) is 16.9. The predicted molar refractivity (Wildman–Crippen MR) is 117 cm³/mol. The Morgan fingerprint density at radius 2 is 2.13 bits per heavy atom. The molecule has 0 saturated heterocycles. The fourth-order valence-electron chi connectivity index (χ4n) is 3.63. The summed E-state index contributed by atoms with van der Waals surface area (Å²) in [7, 11) is 0. The first-order chi connectivity index (χ1) is 15.0. The fourth-order valence-corrected chi connectivity index (χ4v) is 3.63. The quantitative estimate of drug-likeness (QED) is 0.453. The summed E-state index contributed by atoms with van der Waals surface area (Å²) in [6.07, 6.45) is 8.15. The van der Waals surface area contributed by atoms with Crippen LogP contribution in [0.2, 0.25) is 0 Å². The van der Waals surface area contributed by atoms with Gasteiger partial charge in [-0.3, -0.25) is 9.59 Å². The van der Waals surface area contributed by atoms with E-state index < -0.39 is 0 Å². The van der Waals surface area contributed by atoms with Gasteiger partial charge in [0.2, 0.25) is 11.8 Å². The summed E-state index contributed by atoms with van der Waals surface area (Å²) < 4.78 is 5.80. The van der Waals surface area contributed by atoms with Crippen LogP contribution in [-0.2, 0) is 4.79 Å². The van der Waals surface area contributed by atoms with E-state index in [0.29, 0.717) is 28.2 Å². The molecule has 2 amide bonds. The van der Waals surface area contributed by atoms with Crippen LogP contribution < -0.4 is 21.1 Å². The number of fused-ring (bicyclic) bond motifs is 1. The molecule has 1 fully saturated rings. The summed E-state index contributed by atoms with van der Waals surface area (Å²) in [5, 5.41) is 5.69. The van der Waals surface area contributed by atoms with Gasteiger partial charge in [0.1, 0.15) is 11.3 Å². The average Bonchev–Trinajstić information content (AvgIpc) is 3.19. The van der Waals surface area contributed by atoms with Gasteiger partial charge in [-0.25, -0.2) is 9.97 Å². The maximum absolute atomic E-state index is 12.8. The van der Waals surface area contributed by atoms with Crippen molar-refractivity contribution in [2.75, 3.05) is 5.32 Å².